The van der Waals surface area contributed by atoms with Gasteiger partial charge in [-0.2, -0.15) is 4.31 Å². The van der Waals surface area contributed by atoms with E-state index in [0.717, 1.165) is 0 Å². The Morgan fingerprint density at radius 3 is 2.62 bits per heavy atom. The lowest BCUT2D eigenvalue weighted by Crippen LogP contribution is -2.49. The van der Waals surface area contributed by atoms with Crippen molar-refractivity contribution in [2.45, 2.75) is 30.9 Å². The van der Waals surface area contributed by atoms with Gasteiger partial charge in [-0.3, -0.25) is 0 Å². The van der Waals surface area contributed by atoms with E-state index in [1.54, 1.807) is 37.3 Å². The fraction of sp³-hybridized carbons (Fsp3) is 0.417. The van der Waals surface area contributed by atoms with Crippen molar-refractivity contribution in [1.29, 1.82) is 0 Å². The standard InChI is InChI=1S/C24H29FN2O4S/c1-17-14-27(18(2)16-28)32(29,30)24-12-10-19(9-11-20-7-5-6-8-21(20)25)13-22(24)31-23(17)15-26(3)4/h5-8,10,12-13,17-18,23,28H,14-16H2,1-4H3/t17-,18-,23+/m1/s1. The van der Waals surface area contributed by atoms with Gasteiger partial charge in [0.05, 0.1) is 12.2 Å². The second-order valence-corrected chi connectivity index (χ2v) is 10.3. The summed E-state index contributed by atoms with van der Waals surface area (Å²) in [6, 6.07) is 10.3. The normalized spacial score (nSPS) is 21.5. The molecule has 0 bridgehead atoms. The van der Waals surface area contributed by atoms with Gasteiger partial charge in [0, 0.05) is 30.6 Å². The van der Waals surface area contributed by atoms with E-state index in [9.17, 15) is 17.9 Å². The van der Waals surface area contributed by atoms with Crippen molar-refractivity contribution < 1.29 is 22.7 Å². The number of hydrogen-bond acceptors (Lipinski definition) is 5. The lowest BCUT2D eigenvalue weighted by Gasteiger charge is -2.37. The zero-order valence-electron chi connectivity index (χ0n) is 18.7. The number of sulfonamides is 1. The van der Waals surface area contributed by atoms with Crippen molar-refractivity contribution in [2.24, 2.45) is 5.92 Å². The van der Waals surface area contributed by atoms with Gasteiger partial charge in [-0.1, -0.05) is 30.9 Å². The highest BCUT2D eigenvalue weighted by Gasteiger charge is 2.37. The molecule has 0 saturated heterocycles. The van der Waals surface area contributed by atoms with Crippen LogP contribution in [0.25, 0.3) is 0 Å². The van der Waals surface area contributed by atoms with Crippen molar-refractivity contribution in [3.05, 3.63) is 59.4 Å². The first-order valence-electron chi connectivity index (χ1n) is 10.5. The smallest absolute Gasteiger partial charge is 0.247 e. The highest BCUT2D eigenvalue weighted by Crippen LogP contribution is 2.34. The number of aliphatic hydroxyl groups is 1. The second kappa shape index (κ2) is 10.0. The van der Waals surface area contributed by atoms with E-state index in [1.165, 1.54) is 16.4 Å². The van der Waals surface area contributed by atoms with Crippen LogP contribution in [0.15, 0.2) is 47.4 Å². The first-order valence-corrected chi connectivity index (χ1v) is 11.9. The van der Waals surface area contributed by atoms with Crippen LogP contribution in [0.2, 0.25) is 0 Å². The van der Waals surface area contributed by atoms with Gasteiger partial charge < -0.3 is 14.7 Å². The molecule has 3 rings (SSSR count). The van der Waals surface area contributed by atoms with Crippen LogP contribution < -0.4 is 4.74 Å². The topological polar surface area (TPSA) is 70.1 Å². The molecule has 1 heterocycles. The quantitative estimate of drug-likeness (QED) is 0.711. The monoisotopic (exact) mass is 460 g/mol. The van der Waals surface area contributed by atoms with Crippen molar-refractivity contribution >= 4 is 10.0 Å². The Morgan fingerprint density at radius 2 is 1.97 bits per heavy atom. The Morgan fingerprint density at radius 1 is 1.25 bits per heavy atom. The minimum atomic E-state index is -3.90. The third kappa shape index (κ3) is 5.30. The molecule has 0 aromatic heterocycles. The number of fused-ring (bicyclic) bond motifs is 1. The summed E-state index contributed by atoms with van der Waals surface area (Å²) in [5.74, 6) is 5.36. The molecular weight excluding hydrogens is 431 g/mol. The van der Waals surface area contributed by atoms with E-state index < -0.39 is 21.9 Å². The number of hydrogen-bond donors (Lipinski definition) is 1. The lowest BCUT2D eigenvalue weighted by molar-refractivity contribution is 0.0812. The van der Waals surface area contributed by atoms with Gasteiger partial charge in [0.2, 0.25) is 10.0 Å². The van der Waals surface area contributed by atoms with Gasteiger partial charge in [-0.25, -0.2) is 12.8 Å². The van der Waals surface area contributed by atoms with E-state index in [-0.39, 0.29) is 41.4 Å². The fourth-order valence-electron chi connectivity index (χ4n) is 3.58. The summed E-state index contributed by atoms with van der Waals surface area (Å²) in [5.41, 5.74) is 0.774. The van der Waals surface area contributed by atoms with Crippen LogP contribution in [-0.4, -0.2) is 68.7 Å². The molecule has 0 spiro atoms. The van der Waals surface area contributed by atoms with Crippen molar-refractivity contribution in [1.82, 2.24) is 9.21 Å². The van der Waals surface area contributed by atoms with Gasteiger partial charge in [-0.15, -0.1) is 0 Å². The zero-order chi connectivity index (χ0) is 23.5. The first kappa shape index (κ1) is 24.2. The Bertz CT molecular complexity index is 1120. The minimum absolute atomic E-state index is 0.0323. The Balaban J connectivity index is 2.09. The third-order valence-corrected chi connectivity index (χ3v) is 7.45. The van der Waals surface area contributed by atoms with Gasteiger partial charge >= 0.3 is 0 Å². The van der Waals surface area contributed by atoms with E-state index in [4.69, 9.17) is 4.74 Å². The summed E-state index contributed by atoms with van der Waals surface area (Å²) in [6.07, 6.45) is -0.276. The molecule has 1 N–H and O–H groups in total. The summed E-state index contributed by atoms with van der Waals surface area (Å²) < 4.78 is 48.3. The highest BCUT2D eigenvalue weighted by molar-refractivity contribution is 7.89. The number of nitrogens with zero attached hydrogens (tertiary/aromatic N) is 2. The molecule has 0 saturated carbocycles. The summed E-state index contributed by atoms with van der Waals surface area (Å²) >= 11 is 0. The number of ether oxygens (including phenoxy) is 1. The maximum Gasteiger partial charge on any atom is 0.247 e. The van der Waals surface area contributed by atoms with Crippen LogP contribution in [0.1, 0.15) is 25.0 Å². The van der Waals surface area contributed by atoms with Gasteiger partial charge in [0.1, 0.15) is 22.6 Å². The van der Waals surface area contributed by atoms with E-state index in [0.29, 0.717) is 12.1 Å². The third-order valence-electron chi connectivity index (χ3n) is 5.43. The van der Waals surface area contributed by atoms with E-state index in [1.807, 2.05) is 25.9 Å². The Kier molecular flexibility index (Phi) is 7.57. The SMILES string of the molecule is C[C@@H]1CN([C@H](C)CO)S(=O)(=O)c2ccc(C#Cc3ccccc3F)cc2O[C@H]1CN(C)C. The minimum Gasteiger partial charge on any atom is -0.487 e. The van der Waals surface area contributed by atoms with Crippen LogP contribution in [0.5, 0.6) is 5.75 Å². The van der Waals surface area contributed by atoms with Crippen molar-refractivity contribution in [3.63, 3.8) is 0 Å². The van der Waals surface area contributed by atoms with Crippen LogP contribution >= 0.6 is 0 Å². The zero-order valence-corrected chi connectivity index (χ0v) is 19.6. The molecule has 32 heavy (non-hydrogen) atoms. The molecule has 172 valence electrons. The van der Waals surface area contributed by atoms with Gasteiger partial charge in [0.15, 0.2) is 0 Å². The average Bonchev–Trinajstić information content (AvgIpc) is 2.74. The maximum absolute atomic E-state index is 13.9. The number of likely N-dealkylation sites (N-methyl/N-ethyl adjacent to an activating group) is 1. The number of aliphatic hydroxyl groups excluding tert-OH is 1. The second-order valence-electron chi connectivity index (χ2n) is 8.39. The molecule has 0 unspecified atom stereocenters. The molecule has 2 aromatic carbocycles. The maximum atomic E-state index is 13.9. The lowest BCUT2D eigenvalue weighted by atomic mass is 10.0. The molecule has 1 aliphatic heterocycles. The number of rotatable bonds is 4. The van der Waals surface area contributed by atoms with Crippen LogP contribution in [0.3, 0.4) is 0 Å². The summed E-state index contributed by atoms with van der Waals surface area (Å²) in [4.78, 5) is 2.02. The van der Waals surface area contributed by atoms with E-state index in [2.05, 4.69) is 11.8 Å². The Labute approximate surface area is 189 Å². The van der Waals surface area contributed by atoms with Gasteiger partial charge in [-0.05, 0) is 51.4 Å². The molecule has 0 aliphatic carbocycles. The molecule has 3 atom stereocenters. The molecule has 0 amide bonds. The van der Waals surface area contributed by atoms with Crippen LogP contribution in [0, 0.1) is 23.6 Å². The van der Waals surface area contributed by atoms with Gasteiger partial charge in [0.25, 0.3) is 0 Å². The van der Waals surface area contributed by atoms with Crippen LogP contribution in [-0.2, 0) is 10.0 Å². The highest BCUT2D eigenvalue weighted by atomic mass is 32.2. The Hall–Kier alpha value is -2.44. The predicted octanol–water partition coefficient (Wildman–Crippen LogP) is 2.56. The number of benzene rings is 2. The summed E-state index contributed by atoms with van der Waals surface area (Å²) in [6.45, 7) is 4.16. The molecule has 1 aliphatic rings. The molecule has 2 aromatic rings. The molecular formula is C24H29FN2O4S. The molecule has 8 heteroatoms. The molecule has 0 radical (unpaired) electrons. The largest absolute Gasteiger partial charge is 0.487 e. The summed E-state index contributed by atoms with van der Waals surface area (Å²) in [7, 11) is -0.0478. The average molecular weight is 461 g/mol. The summed E-state index contributed by atoms with van der Waals surface area (Å²) in [5, 5.41) is 9.68. The number of halogens is 1. The molecule has 6 nitrogen and oxygen atoms in total. The first-order chi connectivity index (χ1) is 15.1. The predicted molar refractivity (Wildman–Crippen MR) is 121 cm³/mol. The van der Waals surface area contributed by atoms with E-state index >= 15 is 0 Å². The van der Waals surface area contributed by atoms with Crippen molar-refractivity contribution in [2.75, 3.05) is 33.8 Å². The van der Waals surface area contributed by atoms with Crippen molar-refractivity contribution in [3.8, 4) is 17.6 Å². The molecule has 0 fully saturated rings. The van der Waals surface area contributed by atoms with Crippen LogP contribution in [0.4, 0.5) is 4.39 Å². The fourth-order valence-corrected chi connectivity index (χ4v) is 5.41.